The Kier molecular flexibility index (Phi) is 6.04. The van der Waals surface area contributed by atoms with Crippen LogP contribution < -0.4 is 9.47 Å². The molecule has 128 valence electrons. The lowest BCUT2D eigenvalue weighted by molar-refractivity contribution is -0.144. The average molecular weight is 358 g/mol. The lowest BCUT2D eigenvalue weighted by Gasteiger charge is -2.14. The van der Waals surface area contributed by atoms with Gasteiger partial charge in [-0.1, -0.05) is 29.8 Å². The number of carboxylic acid groups (broad SMARTS) is 1. The van der Waals surface area contributed by atoms with E-state index in [1.807, 2.05) is 0 Å². The van der Waals surface area contributed by atoms with Crippen LogP contribution in [0.5, 0.6) is 11.5 Å². The van der Waals surface area contributed by atoms with Gasteiger partial charge in [-0.15, -0.1) is 0 Å². The molecule has 0 aliphatic heterocycles. The molecule has 0 aromatic heterocycles. The number of carboxylic acids is 1. The van der Waals surface area contributed by atoms with Crippen molar-refractivity contribution in [3.8, 4) is 17.6 Å². The number of nitrogens with zero attached hydrogens (tertiary/aromatic N) is 1. The molecule has 2 aromatic rings. The Morgan fingerprint density at radius 3 is 2.64 bits per heavy atom. The van der Waals surface area contributed by atoms with Crippen molar-refractivity contribution in [2.24, 2.45) is 0 Å². The molecule has 0 aliphatic carbocycles. The van der Waals surface area contributed by atoms with Crippen LogP contribution in [-0.4, -0.2) is 24.3 Å². The van der Waals surface area contributed by atoms with Crippen LogP contribution in [0.25, 0.3) is 11.6 Å². The van der Waals surface area contributed by atoms with Crippen LogP contribution in [0.2, 0.25) is 5.02 Å². The highest BCUT2D eigenvalue weighted by molar-refractivity contribution is 6.30. The summed E-state index contributed by atoms with van der Waals surface area (Å²) in [6.45, 7) is 1.43. The number of allylic oxidation sites excluding steroid dienone is 1. The van der Waals surface area contributed by atoms with Crippen LogP contribution in [-0.2, 0) is 4.79 Å². The van der Waals surface area contributed by atoms with Gasteiger partial charge in [0.25, 0.3) is 0 Å². The van der Waals surface area contributed by atoms with E-state index in [4.69, 9.17) is 26.2 Å². The quantitative estimate of drug-likeness (QED) is 0.617. The van der Waals surface area contributed by atoms with Crippen LogP contribution in [0.3, 0.4) is 0 Å². The predicted octanol–water partition coefficient (Wildman–Crippen LogP) is 4.26. The second-order valence-corrected chi connectivity index (χ2v) is 5.63. The number of hydrogen-bond donors (Lipinski definition) is 1. The summed E-state index contributed by atoms with van der Waals surface area (Å²) in [4.78, 5) is 10.9. The predicted molar refractivity (Wildman–Crippen MR) is 95.7 cm³/mol. The summed E-state index contributed by atoms with van der Waals surface area (Å²) in [5.41, 5.74) is 1.86. The van der Waals surface area contributed by atoms with Crippen LogP contribution in [0.4, 0.5) is 0 Å². The fourth-order valence-corrected chi connectivity index (χ4v) is 2.31. The van der Waals surface area contributed by atoms with Gasteiger partial charge < -0.3 is 14.6 Å². The van der Waals surface area contributed by atoms with E-state index in [1.54, 1.807) is 48.5 Å². The summed E-state index contributed by atoms with van der Waals surface area (Å²) in [5, 5.41) is 18.9. The zero-order valence-corrected chi connectivity index (χ0v) is 14.4. The van der Waals surface area contributed by atoms with Crippen molar-refractivity contribution in [2.45, 2.75) is 13.0 Å². The molecule has 0 unspecified atom stereocenters. The standard InChI is InChI=1S/C19H16ClNO4/c1-12(19(22)23)25-17-7-6-13(9-18(17)24-2)8-15(11-21)14-4-3-5-16(20)10-14/h3-10,12H,1-2H3,(H,22,23)/b15-8-/t12-/m0/s1. The van der Waals surface area contributed by atoms with Crippen LogP contribution in [0.15, 0.2) is 42.5 Å². The van der Waals surface area contributed by atoms with Crippen LogP contribution in [0, 0.1) is 11.3 Å². The first-order chi connectivity index (χ1) is 11.9. The van der Waals surface area contributed by atoms with Gasteiger partial charge in [-0.3, -0.25) is 0 Å². The summed E-state index contributed by atoms with van der Waals surface area (Å²) < 4.78 is 10.6. The van der Waals surface area contributed by atoms with E-state index < -0.39 is 12.1 Å². The van der Waals surface area contributed by atoms with Crippen molar-refractivity contribution >= 4 is 29.2 Å². The number of methoxy groups -OCH3 is 1. The Morgan fingerprint density at radius 1 is 1.28 bits per heavy atom. The first kappa shape index (κ1) is 18.4. The molecule has 1 N–H and O–H groups in total. The maximum absolute atomic E-state index is 10.9. The molecule has 0 saturated carbocycles. The number of halogens is 1. The molecule has 0 radical (unpaired) electrons. The molecule has 0 spiro atoms. The number of rotatable bonds is 6. The first-order valence-corrected chi connectivity index (χ1v) is 7.77. The Morgan fingerprint density at radius 2 is 2.04 bits per heavy atom. The normalized spacial score (nSPS) is 12.2. The Bertz CT molecular complexity index is 855. The van der Waals surface area contributed by atoms with Gasteiger partial charge in [-0.05, 0) is 48.4 Å². The number of hydrogen-bond acceptors (Lipinski definition) is 4. The third kappa shape index (κ3) is 4.75. The van der Waals surface area contributed by atoms with Crippen molar-refractivity contribution in [3.05, 3.63) is 58.6 Å². The highest BCUT2D eigenvalue weighted by Gasteiger charge is 2.15. The van der Waals surface area contributed by atoms with Crippen molar-refractivity contribution in [1.29, 1.82) is 5.26 Å². The molecule has 0 fully saturated rings. The fraction of sp³-hybridized carbons (Fsp3) is 0.158. The van der Waals surface area contributed by atoms with Crippen LogP contribution in [0.1, 0.15) is 18.1 Å². The lowest BCUT2D eigenvalue weighted by Crippen LogP contribution is -2.23. The van der Waals surface area contributed by atoms with E-state index >= 15 is 0 Å². The van der Waals surface area contributed by atoms with E-state index in [9.17, 15) is 10.1 Å². The lowest BCUT2D eigenvalue weighted by atomic mass is 10.0. The average Bonchev–Trinajstić information content (AvgIpc) is 2.60. The smallest absolute Gasteiger partial charge is 0.344 e. The second kappa shape index (κ2) is 8.22. The second-order valence-electron chi connectivity index (χ2n) is 5.19. The third-order valence-electron chi connectivity index (χ3n) is 3.41. The summed E-state index contributed by atoms with van der Waals surface area (Å²) in [5.74, 6) is -0.375. The van der Waals surface area contributed by atoms with Crippen molar-refractivity contribution in [1.82, 2.24) is 0 Å². The zero-order chi connectivity index (χ0) is 18.4. The molecule has 2 rings (SSSR count). The number of aliphatic carboxylic acids is 1. The zero-order valence-electron chi connectivity index (χ0n) is 13.7. The molecule has 0 heterocycles. The number of carbonyl (C=O) groups is 1. The molecule has 0 amide bonds. The molecule has 6 heteroatoms. The maximum atomic E-state index is 10.9. The number of benzene rings is 2. The van der Waals surface area contributed by atoms with Gasteiger partial charge in [0.2, 0.25) is 0 Å². The maximum Gasteiger partial charge on any atom is 0.344 e. The van der Waals surface area contributed by atoms with Crippen molar-refractivity contribution < 1.29 is 19.4 Å². The van der Waals surface area contributed by atoms with Gasteiger partial charge >= 0.3 is 5.97 Å². The minimum absolute atomic E-state index is 0.316. The Balaban J connectivity index is 2.36. The highest BCUT2D eigenvalue weighted by Crippen LogP contribution is 2.31. The molecule has 2 aromatic carbocycles. The van der Waals surface area contributed by atoms with E-state index in [0.717, 1.165) is 0 Å². The minimum atomic E-state index is -1.07. The number of ether oxygens (including phenoxy) is 2. The molecule has 5 nitrogen and oxygen atoms in total. The van der Waals surface area contributed by atoms with E-state index in [1.165, 1.54) is 14.0 Å². The molecule has 0 saturated heterocycles. The van der Waals surface area contributed by atoms with Crippen LogP contribution >= 0.6 is 11.6 Å². The summed E-state index contributed by atoms with van der Waals surface area (Å²) >= 11 is 5.97. The van der Waals surface area contributed by atoms with E-state index in [-0.39, 0.29) is 0 Å². The largest absolute Gasteiger partial charge is 0.493 e. The SMILES string of the molecule is COc1cc(/C=C(/C#N)c2cccc(Cl)c2)ccc1O[C@@H](C)C(=O)O. The first-order valence-electron chi connectivity index (χ1n) is 7.40. The van der Waals surface area contributed by atoms with Gasteiger partial charge in [-0.2, -0.15) is 5.26 Å². The van der Waals surface area contributed by atoms with Gasteiger partial charge in [-0.25, -0.2) is 4.79 Å². The van der Waals surface area contributed by atoms with Crippen molar-refractivity contribution in [3.63, 3.8) is 0 Å². The highest BCUT2D eigenvalue weighted by atomic mass is 35.5. The van der Waals surface area contributed by atoms with Gasteiger partial charge in [0.05, 0.1) is 18.8 Å². The molecular formula is C19H16ClNO4. The molecule has 0 aliphatic rings. The topological polar surface area (TPSA) is 79.5 Å². The fourth-order valence-electron chi connectivity index (χ4n) is 2.12. The summed E-state index contributed by atoms with van der Waals surface area (Å²) in [7, 11) is 1.46. The summed E-state index contributed by atoms with van der Waals surface area (Å²) in [6.07, 6.45) is 0.690. The van der Waals surface area contributed by atoms with E-state index in [2.05, 4.69) is 6.07 Å². The molecule has 0 bridgehead atoms. The minimum Gasteiger partial charge on any atom is -0.493 e. The van der Waals surface area contributed by atoms with E-state index in [0.29, 0.717) is 33.2 Å². The van der Waals surface area contributed by atoms with Gasteiger partial charge in [0, 0.05) is 5.02 Å². The Hall–Kier alpha value is -2.97. The Labute approximate surface area is 150 Å². The monoisotopic (exact) mass is 357 g/mol. The molecule has 25 heavy (non-hydrogen) atoms. The van der Waals surface area contributed by atoms with Gasteiger partial charge in [0.1, 0.15) is 0 Å². The summed E-state index contributed by atoms with van der Waals surface area (Å²) in [6, 6.07) is 14.2. The number of nitriles is 1. The molecule has 1 atom stereocenters. The van der Waals surface area contributed by atoms with Crippen molar-refractivity contribution in [2.75, 3.05) is 7.11 Å². The molecular weight excluding hydrogens is 342 g/mol. The van der Waals surface area contributed by atoms with Gasteiger partial charge in [0.15, 0.2) is 17.6 Å². The third-order valence-corrected chi connectivity index (χ3v) is 3.64.